The molecular weight excluding hydrogens is 190 g/mol. The number of hydrogen-bond acceptors (Lipinski definition) is 2. The fourth-order valence-corrected chi connectivity index (χ4v) is 1.88. The minimum absolute atomic E-state index is 0.187. The molecule has 0 aromatic rings. The van der Waals surface area contributed by atoms with Crippen LogP contribution in [0.2, 0.25) is 0 Å². The number of carboxylic acids is 1. The maximum absolute atomic E-state index is 11.0. The van der Waals surface area contributed by atoms with E-state index in [1.54, 1.807) is 0 Å². The SMILES string of the molecule is CCCC(CN(CCC)CCC)C(=O)O. The summed E-state index contributed by atoms with van der Waals surface area (Å²) < 4.78 is 0. The predicted octanol–water partition coefficient (Wildman–Crippen LogP) is 2.61. The summed E-state index contributed by atoms with van der Waals surface area (Å²) in [5.41, 5.74) is 0. The molecule has 0 bridgehead atoms. The van der Waals surface area contributed by atoms with Crippen molar-refractivity contribution in [1.82, 2.24) is 4.90 Å². The molecule has 15 heavy (non-hydrogen) atoms. The van der Waals surface area contributed by atoms with Crippen LogP contribution < -0.4 is 0 Å². The van der Waals surface area contributed by atoms with Gasteiger partial charge in [0.05, 0.1) is 5.92 Å². The second-order valence-electron chi connectivity index (χ2n) is 4.12. The van der Waals surface area contributed by atoms with E-state index in [2.05, 4.69) is 18.7 Å². The van der Waals surface area contributed by atoms with Crippen LogP contribution in [0.1, 0.15) is 46.5 Å². The van der Waals surface area contributed by atoms with Gasteiger partial charge >= 0.3 is 5.97 Å². The molecule has 0 aromatic heterocycles. The van der Waals surface area contributed by atoms with E-state index >= 15 is 0 Å². The first-order valence-corrected chi connectivity index (χ1v) is 6.10. The Hall–Kier alpha value is -0.570. The van der Waals surface area contributed by atoms with Gasteiger partial charge in [-0.2, -0.15) is 0 Å². The van der Waals surface area contributed by atoms with Crippen LogP contribution >= 0.6 is 0 Å². The van der Waals surface area contributed by atoms with E-state index in [-0.39, 0.29) is 5.92 Å². The normalized spacial score (nSPS) is 13.1. The van der Waals surface area contributed by atoms with Gasteiger partial charge in [-0.3, -0.25) is 4.79 Å². The molecule has 90 valence electrons. The molecule has 1 N–H and O–H groups in total. The highest BCUT2D eigenvalue weighted by Crippen LogP contribution is 2.10. The number of hydrogen-bond donors (Lipinski definition) is 1. The van der Waals surface area contributed by atoms with Crippen LogP contribution in [-0.2, 0) is 4.79 Å². The molecule has 1 atom stereocenters. The van der Waals surface area contributed by atoms with Gasteiger partial charge in [0.2, 0.25) is 0 Å². The standard InChI is InChI=1S/C12H25NO2/c1-4-7-11(12(14)15)10-13(8-5-2)9-6-3/h11H,4-10H2,1-3H3,(H,14,15). The molecule has 0 aromatic carbocycles. The van der Waals surface area contributed by atoms with Crippen molar-refractivity contribution in [3.63, 3.8) is 0 Å². The van der Waals surface area contributed by atoms with E-state index in [1.807, 2.05) is 6.92 Å². The zero-order valence-electron chi connectivity index (χ0n) is 10.3. The third-order valence-corrected chi connectivity index (χ3v) is 2.54. The lowest BCUT2D eigenvalue weighted by molar-refractivity contribution is -0.142. The first-order chi connectivity index (χ1) is 7.15. The van der Waals surface area contributed by atoms with E-state index in [1.165, 1.54) is 0 Å². The van der Waals surface area contributed by atoms with Crippen molar-refractivity contribution in [2.45, 2.75) is 46.5 Å². The summed E-state index contributed by atoms with van der Waals surface area (Å²) in [5, 5.41) is 9.06. The van der Waals surface area contributed by atoms with Crippen LogP contribution in [0.5, 0.6) is 0 Å². The van der Waals surface area contributed by atoms with E-state index in [0.29, 0.717) is 6.54 Å². The third-order valence-electron chi connectivity index (χ3n) is 2.54. The summed E-state index contributed by atoms with van der Waals surface area (Å²) >= 11 is 0. The van der Waals surface area contributed by atoms with Gasteiger partial charge in [-0.1, -0.05) is 27.2 Å². The van der Waals surface area contributed by atoms with Crippen LogP contribution in [-0.4, -0.2) is 35.6 Å². The summed E-state index contributed by atoms with van der Waals surface area (Å²) in [6.07, 6.45) is 3.93. The van der Waals surface area contributed by atoms with Crippen molar-refractivity contribution in [2.75, 3.05) is 19.6 Å². The molecule has 3 heteroatoms. The van der Waals surface area contributed by atoms with Crippen LogP contribution in [0.4, 0.5) is 0 Å². The first kappa shape index (κ1) is 14.4. The van der Waals surface area contributed by atoms with Gasteiger partial charge < -0.3 is 10.0 Å². The zero-order chi connectivity index (χ0) is 11.7. The lowest BCUT2D eigenvalue weighted by Crippen LogP contribution is -2.34. The molecular formula is C12H25NO2. The monoisotopic (exact) mass is 215 g/mol. The van der Waals surface area contributed by atoms with Gasteiger partial charge in [-0.05, 0) is 32.4 Å². The Bertz CT molecular complexity index is 165. The van der Waals surface area contributed by atoms with Crippen molar-refractivity contribution in [3.05, 3.63) is 0 Å². The van der Waals surface area contributed by atoms with E-state index in [9.17, 15) is 4.79 Å². The van der Waals surface area contributed by atoms with Crippen LogP contribution in [0, 0.1) is 5.92 Å². The molecule has 3 nitrogen and oxygen atoms in total. The molecule has 0 rings (SSSR count). The van der Waals surface area contributed by atoms with Crippen LogP contribution in [0.15, 0.2) is 0 Å². The highest BCUT2D eigenvalue weighted by molar-refractivity contribution is 5.70. The van der Waals surface area contributed by atoms with Crippen molar-refractivity contribution < 1.29 is 9.90 Å². The predicted molar refractivity (Wildman–Crippen MR) is 63.1 cm³/mol. The second kappa shape index (κ2) is 8.72. The summed E-state index contributed by atoms with van der Waals surface area (Å²) in [4.78, 5) is 13.3. The van der Waals surface area contributed by atoms with Crippen LogP contribution in [0.25, 0.3) is 0 Å². The van der Waals surface area contributed by atoms with Gasteiger partial charge in [-0.25, -0.2) is 0 Å². The molecule has 0 saturated carbocycles. The molecule has 0 spiro atoms. The molecule has 0 heterocycles. The Labute approximate surface area is 93.5 Å². The van der Waals surface area contributed by atoms with Crippen molar-refractivity contribution in [1.29, 1.82) is 0 Å². The number of rotatable bonds is 9. The summed E-state index contributed by atoms with van der Waals surface area (Å²) in [6.45, 7) is 9.06. The Morgan fingerprint density at radius 2 is 1.67 bits per heavy atom. The number of carbonyl (C=O) groups is 1. The average molecular weight is 215 g/mol. The maximum Gasteiger partial charge on any atom is 0.307 e. The van der Waals surface area contributed by atoms with E-state index in [4.69, 9.17) is 5.11 Å². The molecule has 0 amide bonds. The Kier molecular flexibility index (Phi) is 8.38. The highest BCUT2D eigenvalue weighted by atomic mass is 16.4. The van der Waals surface area contributed by atoms with Gasteiger partial charge in [0.15, 0.2) is 0 Å². The van der Waals surface area contributed by atoms with Crippen molar-refractivity contribution >= 4 is 5.97 Å². The molecule has 0 aliphatic heterocycles. The second-order valence-corrected chi connectivity index (χ2v) is 4.12. The minimum atomic E-state index is -0.644. The quantitative estimate of drug-likeness (QED) is 0.642. The molecule has 0 fully saturated rings. The molecule has 1 unspecified atom stereocenters. The average Bonchev–Trinajstić information content (AvgIpc) is 2.17. The zero-order valence-corrected chi connectivity index (χ0v) is 10.3. The summed E-state index contributed by atoms with van der Waals surface area (Å²) in [6, 6.07) is 0. The van der Waals surface area contributed by atoms with Crippen molar-refractivity contribution in [3.8, 4) is 0 Å². The Morgan fingerprint density at radius 1 is 1.13 bits per heavy atom. The molecule has 0 aliphatic rings. The van der Waals surface area contributed by atoms with Crippen LogP contribution in [0.3, 0.4) is 0 Å². The lowest BCUT2D eigenvalue weighted by atomic mass is 10.0. The first-order valence-electron chi connectivity index (χ1n) is 6.10. The number of aliphatic carboxylic acids is 1. The van der Waals surface area contributed by atoms with E-state index in [0.717, 1.165) is 38.8 Å². The van der Waals surface area contributed by atoms with Gasteiger partial charge in [0.1, 0.15) is 0 Å². The summed E-state index contributed by atoms with van der Waals surface area (Å²) in [7, 11) is 0. The smallest absolute Gasteiger partial charge is 0.307 e. The fourth-order valence-electron chi connectivity index (χ4n) is 1.88. The van der Waals surface area contributed by atoms with E-state index < -0.39 is 5.97 Å². The van der Waals surface area contributed by atoms with Gasteiger partial charge in [0.25, 0.3) is 0 Å². The molecule has 0 saturated heterocycles. The minimum Gasteiger partial charge on any atom is -0.481 e. The lowest BCUT2D eigenvalue weighted by Gasteiger charge is -2.24. The molecule has 0 aliphatic carbocycles. The number of nitrogens with zero attached hydrogens (tertiary/aromatic N) is 1. The van der Waals surface area contributed by atoms with Crippen molar-refractivity contribution in [2.24, 2.45) is 5.92 Å². The molecule has 0 radical (unpaired) electrons. The Morgan fingerprint density at radius 3 is 2.00 bits per heavy atom. The summed E-state index contributed by atoms with van der Waals surface area (Å²) in [5.74, 6) is -0.831. The maximum atomic E-state index is 11.0. The topological polar surface area (TPSA) is 40.5 Å². The highest BCUT2D eigenvalue weighted by Gasteiger charge is 2.19. The van der Waals surface area contributed by atoms with Gasteiger partial charge in [-0.15, -0.1) is 0 Å². The largest absolute Gasteiger partial charge is 0.481 e. The number of carboxylic acid groups (broad SMARTS) is 1. The Balaban J connectivity index is 4.12. The van der Waals surface area contributed by atoms with Gasteiger partial charge in [0, 0.05) is 6.54 Å². The third kappa shape index (κ3) is 6.50. The fraction of sp³-hybridized carbons (Fsp3) is 0.917.